The van der Waals surface area contributed by atoms with E-state index >= 15 is 0 Å². The molecule has 0 saturated heterocycles. The van der Waals surface area contributed by atoms with Crippen molar-refractivity contribution in [3.8, 4) is 0 Å². The number of hydrogen-bond donors (Lipinski definition) is 1. The highest BCUT2D eigenvalue weighted by Gasteiger charge is 2.30. The number of alkyl halides is 4. The predicted octanol–water partition coefficient (Wildman–Crippen LogP) is 5.53. The van der Waals surface area contributed by atoms with Crippen LogP contribution in [0.4, 0.5) is 18.9 Å². The minimum Gasteiger partial charge on any atom is -0.383 e. The fraction of sp³-hybridized carbons (Fsp3) is 0.538. The Kier molecular flexibility index (Phi) is 5.99. The third kappa shape index (κ3) is 5.61. The van der Waals surface area contributed by atoms with E-state index < -0.39 is 11.7 Å². The van der Waals surface area contributed by atoms with Crippen LogP contribution >= 0.6 is 27.5 Å². The highest BCUT2D eigenvalue weighted by atomic mass is 79.9. The summed E-state index contributed by atoms with van der Waals surface area (Å²) in [4.78, 5) is 0. The molecule has 0 aliphatic rings. The van der Waals surface area contributed by atoms with Crippen LogP contribution in [0.15, 0.2) is 22.7 Å². The van der Waals surface area contributed by atoms with Gasteiger partial charge in [0.05, 0.1) is 10.9 Å². The molecule has 0 radical (unpaired) electrons. The van der Waals surface area contributed by atoms with Gasteiger partial charge in [0, 0.05) is 16.7 Å². The van der Waals surface area contributed by atoms with Gasteiger partial charge in [0.2, 0.25) is 0 Å². The molecule has 0 fully saturated rings. The Morgan fingerprint density at radius 2 is 1.95 bits per heavy atom. The molecule has 1 N–H and O–H groups in total. The largest absolute Gasteiger partial charge is 0.416 e. The molecule has 19 heavy (non-hydrogen) atoms. The van der Waals surface area contributed by atoms with Gasteiger partial charge in [-0.25, -0.2) is 0 Å². The first kappa shape index (κ1) is 16.6. The molecule has 108 valence electrons. The summed E-state index contributed by atoms with van der Waals surface area (Å²) in [5.41, 5.74) is -0.0584. The average molecular weight is 359 g/mol. The quantitative estimate of drug-likeness (QED) is 0.682. The van der Waals surface area contributed by atoms with Crippen molar-refractivity contribution >= 4 is 33.2 Å². The minimum atomic E-state index is -4.33. The summed E-state index contributed by atoms with van der Waals surface area (Å²) in [5, 5.41) is 3.00. The summed E-state index contributed by atoms with van der Waals surface area (Å²) in [6, 6.07) is 3.53. The van der Waals surface area contributed by atoms with Crippen molar-refractivity contribution in [3.05, 3.63) is 28.2 Å². The molecule has 1 nitrogen and oxygen atoms in total. The van der Waals surface area contributed by atoms with Gasteiger partial charge in [0.15, 0.2) is 0 Å². The first-order valence-corrected chi connectivity index (χ1v) is 7.17. The van der Waals surface area contributed by atoms with Crippen LogP contribution < -0.4 is 5.32 Å². The Morgan fingerprint density at radius 1 is 1.32 bits per heavy atom. The molecule has 1 rings (SSSR count). The van der Waals surface area contributed by atoms with Gasteiger partial charge in [-0.15, -0.1) is 11.6 Å². The monoisotopic (exact) mass is 357 g/mol. The lowest BCUT2D eigenvalue weighted by atomic mass is 10.1. The number of nitrogens with one attached hydrogen (secondary N) is 1. The number of halogens is 5. The van der Waals surface area contributed by atoms with E-state index in [1.165, 1.54) is 6.07 Å². The maximum Gasteiger partial charge on any atom is 0.416 e. The summed E-state index contributed by atoms with van der Waals surface area (Å²) in [6.07, 6.45) is -3.47. The average Bonchev–Trinajstić information content (AvgIpc) is 2.25. The molecule has 0 saturated carbocycles. The zero-order valence-corrected chi connectivity index (χ0v) is 13.0. The Morgan fingerprint density at radius 3 is 2.42 bits per heavy atom. The second-order valence-electron chi connectivity index (χ2n) is 4.80. The Labute approximate surface area is 124 Å². The molecule has 1 aromatic rings. The maximum atomic E-state index is 12.5. The zero-order valence-electron chi connectivity index (χ0n) is 10.7. The molecular formula is C13H16BrClF3N. The molecular weight excluding hydrogens is 343 g/mol. The van der Waals surface area contributed by atoms with E-state index in [4.69, 9.17) is 11.6 Å². The van der Waals surface area contributed by atoms with E-state index in [0.717, 1.165) is 18.6 Å². The molecule has 0 aromatic heterocycles. The maximum absolute atomic E-state index is 12.5. The van der Waals surface area contributed by atoms with E-state index in [2.05, 4.69) is 35.1 Å². The van der Waals surface area contributed by atoms with Gasteiger partial charge in [-0.05, 0) is 46.5 Å². The molecule has 0 amide bonds. The molecule has 0 bridgehead atoms. The zero-order chi connectivity index (χ0) is 14.6. The van der Waals surface area contributed by atoms with Crippen molar-refractivity contribution < 1.29 is 13.2 Å². The van der Waals surface area contributed by atoms with Crippen LogP contribution in [0.1, 0.15) is 25.8 Å². The third-order valence-electron chi connectivity index (χ3n) is 2.54. The summed E-state index contributed by atoms with van der Waals surface area (Å²) in [5.74, 6) is 0.486. The standard InChI is InChI=1S/C13H16BrClF3N/c1-8(2)5-10(15)7-19-12-4-3-9(6-11(12)14)13(16,17)18/h3-4,6,8,10,19H,5,7H2,1-2H3. The summed E-state index contributed by atoms with van der Waals surface area (Å²) in [7, 11) is 0. The molecule has 1 unspecified atom stereocenters. The van der Waals surface area contributed by atoms with Gasteiger partial charge in [-0.3, -0.25) is 0 Å². The SMILES string of the molecule is CC(C)CC(Cl)CNc1ccc(C(F)(F)F)cc1Br. The van der Waals surface area contributed by atoms with Crippen LogP contribution in [0.2, 0.25) is 0 Å². The highest BCUT2D eigenvalue weighted by molar-refractivity contribution is 9.10. The molecule has 1 aromatic carbocycles. The van der Waals surface area contributed by atoms with E-state index in [9.17, 15) is 13.2 Å². The summed E-state index contributed by atoms with van der Waals surface area (Å²) < 4.78 is 37.9. The van der Waals surface area contributed by atoms with Crippen LogP contribution in [0.5, 0.6) is 0 Å². The summed E-state index contributed by atoms with van der Waals surface area (Å²) >= 11 is 9.26. The fourth-order valence-corrected chi connectivity index (χ4v) is 2.60. The second-order valence-corrected chi connectivity index (χ2v) is 6.27. The van der Waals surface area contributed by atoms with Crippen LogP contribution in [0.25, 0.3) is 0 Å². The van der Waals surface area contributed by atoms with Gasteiger partial charge in [0.1, 0.15) is 0 Å². The van der Waals surface area contributed by atoms with Gasteiger partial charge < -0.3 is 5.32 Å². The van der Waals surface area contributed by atoms with Gasteiger partial charge in [-0.1, -0.05) is 13.8 Å². The minimum absolute atomic E-state index is 0.0470. The third-order valence-corrected chi connectivity index (χ3v) is 3.53. The van der Waals surface area contributed by atoms with Crippen LogP contribution in [-0.4, -0.2) is 11.9 Å². The number of benzene rings is 1. The van der Waals surface area contributed by atoms with E-state index in [1.807, 2.05) is 0 Å². The van der Waals surface area contributed by atoms with Crippen molar-refractivity contribution in [3.63, 3.8) is 0 Å². The van der Waals surface area contributed by atoms with Crippen LogP contribution in [0.3, 0.4) is 0 Å². The molecule has 0 heterocycles. The number of anilines is 1. The Balaban J connectivity index is 2.66. The molecule has 1 atom stereocenters. The lowest BCUT2D eigenvalue weighted by Crippen LogP contribution is -2.16. The normalized spacial score (nSPS) is 13.7. The van der Waals surface area contributed by atoms with E-state index in [-0.39, 0.29) is 5.38 Å². The number of rotatable bonds is 5. The smallest absolute Gasteiger partial charge is 0.383 e. The van der Waals surface area contributed by atoms with Crippen molar-refractivity contribution in [1.29, 1.82) is 0 Å². The van der Waals surface area contributed by atoms with E-state index in [0.29, 0.717) is 22.6 Å². The highest BCUT2D eigenvalue weighted by Crippen LogP contribution is 2.34. The van der Waals surface area contributed by atoms with E-state index in [1.54, 1.807) is 0 Å². The first-order valence-electron chi connectivity index (χ1n) is 5.95. The molecule has 0 aliphatic heterocycles. The van der Waals surface area contributed by atoms with Gasteiger partial charge >= 0.3 is 6.18 Å². The van der Waals surface area contributed by atoms with Crippen LogP contribution in [-0.2, 0) is 6.18 Å². The fourth-order valence-electron chi connectivity index (χ4n) is 1.65. The first-order chi connectivity index (χ1) is 8.70. The number of hydrogen-bond acceptors (Lipinski definition) is 1. The lowest BCUT2D eigenvalue weighted by Gasteiger charge is -2.15. The molecule has 0 aliphatic carbocycles. The molecule has 0 spiro atoms. The van der Waals surface area contributed by atoms with Crippen LogP contribution in [0, 0.1) is 5.92 Å². The second kappa shape index (κ2) is 6.84. The topological polar surface area (TPSA) is 12.0 Å². The predicted molar refractivity (Wildman–Crippen MR) is 76.7 cm³/mol. The lowest BCUT2D eigenvalue weighted by molar-refractivity contribution is -0.137. The van der Waals surface area contributed by atoms with Gasteiger partial charge in [-0.2, -0.15) is 13.2 Å². The summed E-state index contributed by atoms with van der Waals surface area (Å²) in [6.45, 7) is 4.66. The Bertz CT molecular complexity index is 421. The van der Waals surface area contributed by atoms with Crippen molar-refractivity contribution in [2.45, 2.75) is 31.8 Å². The van der Waals surface area contributed by atoms with Crippen molar-refractivity contribution in [2.24, 2.45) is 5.92 Å². The van der Waals surface area contributed by atoms with Gasteiger partial charge in [0.25, 0.3) is 0 Å². The Hall–Kier alpha value is -0.420. The molecule has 6 heteroatoms. The van der Waals surface area contributed by atoms with Crippen molar-refractivity contribution in [2.75, 3.05) is 11.9 Å². The van der Waals surface area contributed by atoms with Crippen molar-refractivity contribution in [1.82, 2.24) is 0 Å².